The average Bonchev–Trinajstić information content (AvgIpc) is 3.23. The summed E-state index contributed by atoms with van der Waals surface area (Å²) in [5.74, 6) is -0.104. The van der Waals surface area contributed by atoms with E-state index in [9.17, 15) is 14.4 Å². The van der Waals surface area contributed by atoms with E-state index < -0.39 is 11.1 Å². The van der Waals surface area contributed by atoms with Crippen LogP contribution in [0.15, 0.2) is 58.4 Å². The Morgan fingerprint density at radius 2 is 2.10 bits per heavy atom. The number of benzene rings is 1. The molecule has 0 atom stereocenters. The molecule has 0 fully saturated rings. The van der Waals surface area contributed by atoms with Crippen molar-refractivity contribution < 1.29 is 4.79 Å². The SMILES string of the molecule is CCn1c(=O)c(=O)[nH]c2cc(C(=O)N3CC=C(c4c[nH]c5ncccc45)CC3)ccc21. The summed E-state index contributed by atoms with van der Waals surface area (Å²) in [6.07, 6.45) is 6.55. The number of rotatable bonds is 3. The Bertz CT molecular complexity index is 1470. The number of fused-ring (bicyclic) bond motifs is 2. The van der Waals surface area contributed by atoms with Gasteiger partial charge in [0.05, 0.1) is 11.0 Å². The summed E-state index contributed by atoms with van der Waals surface area (Å²) in [5.41, 5.74) is 3.47. The molecule has 156 valence electrons. The van der Waals surface area contributed by atoms with Gasteiger partial charge in [0.1, 0.15) is 5.65 Å². The van der Waals surface area contributed by atoms with Crippen molar-refractivity contribution in [2.24, 2.45) is 0 Å². The molecule has 1 aromatic carbocycles. The molecular formula is C23H21N5O3. The van der Waals surface area contributed by atoms with Crippen molar-refractivity contribution in [1.29, 1.82) is 0 Å². The van der Waals surface area contributed by atoms with Crippen LogP contribution in [0.1, 0.15) is 29.3 Å². The summed E-state index contributed by atoms with van der Waals surface area (Å²) in [5, 5.41) is 1.08. The summed E-state index contributed by atoms with van der Waals surface area (Å²) in [4.78, 5) is 48.9. The number of aromatic nitrogens is 4. The molecule has 5 rings (SSSR count). The molecule has 8 heteroatoms. The molecule has 0 unspecified atom stereocenters. The van der Waals surface area contributed by atoms with Gasteiger partial charge < -0.3 is 19.4 Å². The molecule has 4 heterocycles. The minimum atomic E-state index is -0.683. The highest BCUT2D eigenvalue weighted by atomic mass is 16.2. The molecular weight excluding hydrogens is 394 g/mol. The molecule has 1 aliphatic heterocycles. The van der Waals surface area contributed by atoms with Crippen molar-refractivity contribution in [2.75, 3.05) is 13.1 Å². The average molecular weight is 415 g/mol. The Morgan fingerprint density at radius 1 is 1.23 bits per heavy atom. The molecule has 8 nitrogen and oxygen atoms in total. The standard InChI is InChI=1S/C23H21N5O3/c1-2-28-19-6-5-15(12-18(19)26-21(29)23(28)31)22(30)27-10-7-14(8-11-27)17-13-25-20-16(17)4-3-9-24-20/h3-7,9,12-13H,2,8,10-11H2,1H3,(H,24,25)(H,26,29). The van der Waals surface area contributed by atoms with Crippen molar-refractivity contribution >= 4 is 33.5 Å². The first kappa shape index (κ1) is 19.0. The first-order valence-corrected chi connectivity index (χ1v) is 10.2. The maximum absolute atomic E-state index is 13.1. The van der Waals surface area contributed by atoms with Crippen LogP contribution in [0, 0.1) is 0 Å². The number of amides is 1. The van der Waals surface area contributed by atoms with Gasteiger partial charge in [0.15, 0.2) is 0 Å². The number of pyridine rings is 1. The summed E-state index contributed by atoms with van der Waals surface area (Å²) in [6, 6.07) is 9.03. The second-order valence-electron chi connectivity index (χ2n) is 7.57. The Labute approximate surface area is 176 Å². The minimum absolute atomic E-state index is 0.104. The van der Waals surface area contributed by atoms with Crippen molar-refractivity contribution in [1.82, 2.24) is 24.4 Å². The van der Waals surface area contributed by atoms with Crippen LogP contribution < -0.4 is 11.1 Å². The zero-order chi connectivity index (χ0) is 21.5. The fraction of sp³-hybridized carbons (Fsp3) is 0.217. The fourth-order valence-electron chi connectivity index (χ4n) is 4.23. The summed E-state index contributed by atoms with van der Waals surface area (Å²) in [6.45, 7) is 3.29. The quantitative estimate of drug-likeness (QED) is 0.502. The molecule has 4 aromatic rings. The largest absolute Gasteiger partial charge is 0.346 e. The lowest BCUT2D eigenvalue weighted by Gasteiger charge is -2.26. The van der Waals surface area contributed by atoms with E-state index in [-0.39, 0.29) is 5.91 Å². The first-order chi connectivity index (χ1) is 15.1. The smallest absolute Gasteiger partial charge is 0.316 e. The Morgan fingerprint density at radius 3 is 2.87 bits per heavy atom. The summed E-state index contributed by atoms with van der Waals surface area (Å²) >= 11 is 0. The van der Waals surface area contributed by atoms with Crippen LogP contribution in [0.3, 0.4) is 0 Å². The number of nitrogens with zero attached hydrogens (tertiary/aromatic N) is 3. The van der Waals surface area contributed by atoms with E-state index >= 15 is 0 Å². The van der Waals surface area contributed by atoms with E-state index in [1.165, 1.54) is 10.1 Å². The minimum Gasteiger partial charge on any atom is -0.346 e. The van der Waals surface area contributed by atoms with Crippen LogP contribution in [0.5, 0.6) is 0 Å². The number of hydrogen-bond donors (Lipinski definition) is 2. The molecule has 0 aliphatic carbocycles. The highest BCUT2D eigenvalue weighted by Crippen LogP contribution is 2.28. The maximum atomic E-state index is 13.1. The predicted molar refractivity (Wildman–Crippen MR) is 119 cm³/mol. The van der Waals surface area contributed by atoms with Gasteiger partial charge in [0.25, 0.3) is 5.91 Å². The highest BCUT2D eigenvalue weighted by molar-refractivity contribution is 5.98. The highest BCUT2D eigenvalue weighted by Gasteiger charge is 2.21. The lowest BCUT2D eigenvalue weighted by molar-refractivity contribution is 0.0773. The first-order valence-electron chi connectivity index (χ1n) is 10.2. The monoisotopic (exact) mass is 415 g/mol. The van der Waals surface area contributed by atoms with E-state index in [0.29, 0.717) is 36.2 Å². The normalized spacial score (nSPS) is 14.2. The molecule has 0 saturated carbocycles. The second kappa shape index (κ2) is 7.39. The number of H-pyrrole nitrogens is 2. The fourth-order valence-corrected chi connectivity index (χ4v) is 4.23. The van der Waals surface area contributed by atoms with Crippen LogP contribution in [0.25, 0.3) is 27.6 Å². The zero-order valence-corrected chi connectivity index (χ0v) is 17.0. The lowest BCUT2D eigenvalue weighted by Crippen LogP contribution is -2.36. The Hall–Kier alpha value is -3.94. The molecule has 31 heavy (non-hydrogen) atoms. The molecule has 0 spiro atoms. The third-order valence-corrected chi connectivity index (χ3v) is 5.83. The van der Waals surface area contributed by atoms with Crippen LogP contribution in [0.2, 0.25) is 0 Å². The van der Waals surface area contributed by atoms with Crippen LogP contribution in [-0.4, -0.2) is 43.4 Å². The Kier molecular flexibility index (Phi) is 4.54. The van der Waals surface area contributed by atoms with Crippen molar-refractivity contribution in [3.8, 4) is 0 Å². The van der Waals surface area contributed by atoms with Gasteiger partial charge >= 0.3 is 11.1 Å². The number of carbonyl (C=O) groups is 1. The van der Waals surface area contributed by atoms with Crippen LogP contribution in [0.4, 0.5) is 0 Å². The molecule has 2 N–H and O–H groups in total. The van der Waals surface area contributed by atoms with Crippen molar-refractivity contribution in [3.63, 3.8) is 0 Å². The molecule has 0 bridgehead atoms. The maximum Gasteiger partial charge on any atom is 0.316 e. The topological polar surface area (TPSA) is 104 Å². The zero-order valence-electron chi connectivity index (χ0n) is 17.0. The number of aryl methyl sites for hydroxylation is 1. The van der Waals surface area contributed by atoms with Crippen LogP contribution in [-0.2, 0) is 6.54 Å². The number of nitrogens with one attached hydrogen (secondary N) is 2. The molecule has 0 radical (unpaired) electrons. The molecule has 0 saturated heterocycles. The van der Waals surface area contributed by atoms with E-state index in [4.69, 9.17) is 0 Å². The molecule has 1 aliphatic rings. The number of aromatic amines is 2. The van der Waals surface area contributed by atoms with Gasteiger partial charge in [0, 0.05) is 48.5 Å². The Balaban J connectivity index is 1.42. The van der Waals surface area contributed by atoms with E-state index in [1.807, 2.05) is 18.3 Å². The van der Waals surface area contributed by atoms with Gasteiger partial charge in [-0.3, -0.25) is 14.4 Å². The van der Waals surface area contributed by atoms with Gasteiger partial charge in [-0.15, -0.1) is 0 Å². The van der Waals surface area contributed by atoms with Crippen molar-refractivity contribution in [2.45, 2.75) is 19.9 Å². The van der Waals surface area contributed by atoms with Crippen molar-refractivity contribution in [3.05, 3.63) is 80.6 Å². The van der Waals surface area contributed by atoms with E-state index in [0.717, 1.165) is 23.0 Å². The number of hydrogen-bond acceptors (Lipinski definition) is 4. The van der Waals surface area contributed by atoms with Gasteiger partial charge in [-0.25, -0.2) is 4.98 Å². The van der Waals surface area contributed by atoms with E-state index in [1.54, 1.807) is 36.2 Å². The lowest BCUT2D eigenvalue weighted by atomic mass is 9.99. The van der Waals surface area contributed by atoms with Gasteiger partial charge in [-0.1, -0.05) is 6.08 Å². The van der Waals surface area contributed by atoms with Gasteiger partial charge in [0.2, 0.25) is 0 Å². The van der Waals surface area contributed by atoms with Gasteiger partial charge in [-0.2, -0.15) is 0 Å². The third-order valence-electron chi connectivity index (χ3n) is 5.83. The predicted octanol–water partition coefficient (Wildman–Crippen LogP) is 2.52. The summed E-state index contributed by atoms with van der Waals surface area (Å²) < 4.78 is 1.41. The summed E-state index contributed by atoms with van der Waals surface area (Å²) in [7, 11) is 0. The number of carbonyl (C=O) groups excluding carboxylic acids is 1. The second-order valence-corrected chi connectivity index (χ2v) is 7.57. The van der Waals surface area contributed by atoms with E-state index in [2.05, 4.69) is 21.0 Å². The molecule has 1 amide bonds. The van der Waals surface area contributed by atoms with Gasteiger partial charge in [-0.05, 0) is 49.2 Å². The third kappa shape index (κ3) is 3.16. The molecule has 3 aromatic heterocycles. The van der Waals surface area contributed by atoms with Crippen LogP contribution >= 0.6 is 0 Å².